The van der Waals surface area contributed by atoms with Crippen LogP contribution in [0.3, 0.4) is 0 Å². The van der Waals surface area contributed by atoms with Crippen molar-refractivity contribution in [1.29, 1.82) is 0 Å². The van der Waals surface area contributed by atoms with Gasteiger partial charge in [-0.2, -0.15) is 13.2 Å². The number of benzene rings is 1. The van der Waals surface area contributed by atoms with Crippen LogP contribution in [0.15, 0.2) is 29.3 Å². The molecule has 0 atom stereocenters. The fourth-order valence-corrected chi connectivity index (χ4v) is 1.77. The van der Waals surface area contributed by atoms with E-state index in [9.17, 15) is 13.2 Å². The summed E-state index contributed by atoms with van der Waals surface area (Å²) >= 11 is 0. The minimum absolute atomic E-state index is 0.00137. The van der Waals surface area contributed by atoms with Gasteiger partial charge in [-0.25, -0.2) is 4.99 Å². The first-order chi connectivity index (χ1) is 8.73. The Kier molecular flexibility index (Phi) is 4.80. The van der Waals surface area contributed by atoms with Crippen molar-refractivity contribution in [2.75, 3.05) is 28.2 Å². The smallest absolute Gasteiger partial charge is 0.349 e. The zero-order chi connectivity index (χ0) is 14.6. The molecule has 0 radical (unpaired) electrons. The van der Waals surface area contributed by atoms with Gasteiger partial charge in [-0.3, -0.25) is 0 Å². The Labute approximate surface area is 111 Å². The molecule has 1 rings (SSSR count). The monoisotopic (exact) mass is 273 g/mol. The average Bonchev–Trinajstić information content (AvgIpc) is 2.27. The lowest BCUT2D eigenvalue weighted by atomic mass is 10.1. The van der Waals surface area contributed by atoms with E-state index in [1.165, 1.54) is 12.1 Å². The van der Waals surface area contributed by atoms with Gasteiger partial charge in [0, 0.05) is 28.2 Å². The van der Waals surface area contributed by atoms with Crippen LogP contribution in [0.4, 0.5) is 13.2 Å². The van der Waals surface area contributed by atoms with Crippen LogP contribution in [-0.2, 0) is 12.7 Å². The molecule has 0 saturated carbocycles. The van der Waals surface area contributed by atoms with E-state index in [4.69, 9.17) is 0 Å². The number of alkyl halides is 3. The SMILES string of the molecule is CN(C)C(=NCc1ccccc1C(F)(F)F)N(C)C. The Morgan fingerprint density at radius 1 is 1.05 bits per heavy atom. The molecule has 6 heteroatoms. The van der Waals surface area contributed by atoms with Crippen LogP contribution in [0.5, 0.6) is 0 Å². The minimum atomic E-state index is -4.34. The molecule has 0 heterocycles. The Morgan fingerprint density at radius 2 is 1.58 bits per heavy atom. The van der Waals surface area contributed by atoms with Crippen LogP contribution in [0.25, 0.3) is 0 Å². The maximum Gasteiger partial charge on any atom is 0.416 e. The van der Waals surface area contributed by atoms with Gasteiger partial charge >= 0.3 is 6.18 Å². The summed E-state index contributed by atoms with van der Waals surface area (Å²) < 4.78 is 38.5. The molecule has 0 aromatic heterocycles. The highest BCUT2D eigenvalue weighted by molar-refractivity contribution is 5.79. The van der Waals surface area contributed by atoms with Gasteiger partial charge in [-0.1, -0.05) is 18.2 Å². The van der Waals surface area contributed by atoms with E-state index >= 15 is 0 Å². The molecule has 3 nitrogen and oxygen atoms in total. The molecule has 0 spiro atoms. The van der Waals surface area contributed by atoms with Crippen molar-refractivity contribution in [3.8, 4) is 0 Å². The number of aliphatic imine (C=N–C) groups is 1. The third kappa shape index (κ3) is 4.15. The number of hydrogen-bond acceptors (Lipinski definition) is 1. The lowest BCUT2D eigenvalue weighted by Gasteiger charge is -2.23. The molecule has 0 aliphatic carbocycles. The van der Waals surface area contributed by atoms with E-state index < -0.39 is 11.7 Å². The highest BCUT2D eigenvalue weighted by Crippen LogP contribution is 2.32. The molecule has 19 heavy (non-hydrogen) atoms. The average molecular weight is 273 g/mol. The first-order valence-electron chi connectivity index (χ1n) is 5.77. The largest absolute Gasteiger partial charge is 0.416 e. The van der Waals surface area contributed by atoms with E-state index in [2.05, 4.69) is 4.99 Å². The minimum Gasteiger partial charge on any atom is -0.349 e. The Morgan fingerprint density at radius 3 is 2.05 bits per heavy atom. The third-order valence-corrected chi connectivity index (χ3v) is 2.51. The molecular formula is C13H18F3N3. The molecule has 0 unspecified atom stereocenters. The van der Waals surface area contributed by atoms with Crippen molar-refractivity contribution in [2.45, 2.75) is 12.7 Å². The summed E-state index contributed by atoms with van der Waals surface area (Å²) in [4.78, 5) is 7.76. The summed E-state index contributed by atoms with van der Waals surface area (Å²) in [5.41, 5.74) is -0.452. The number of nitrogens with zero attached hydrogens (tertiary/aromatic N) is 3. The number of hydrogen-bond donors (Lipinski definition) is 0. The maximum absolute atomic E-state index is 12.8. The lowest BCUT2D eigenvalue weighted by Crippen LogP contribution is -2.35. The molecule has 0 fully saturated rings. The summed E-state index contributed by atoms with van der Waals surface area (Å²) in [6.07, 6.45) is -4.34. The zero-order valence-electron chi connectivity index (χ0n) is 11.5. The van der Waals surface area contributed by atoms with Crippen molar-refractivity contribution >= 4 is 5.96 Å². The van der Waals surface area contributed by atoms with E-state index in [0.717, 1.165) is 6.07 Å². The van der Waals surface area contributed by atoms with E-state index in [1.807, 2.05) is 0 Å². The summed E-state index contributed by atoms with van der Waals surface area (Å²) in [6.45, 7) is 0.00137. The first-order valence-corrected chi connectivity index (χ1v) is 5.77. The van der Waals surface area contributed by atoms with Crippen molar-refractivity contribution in [3.63, 3.8) is 0 Å². The van der Waals surface area contributed by atoms with Gasteiger partial charge in [0.05, 0.1) is 12.1 Å². The van der Waals surface area contributed by atoms with E-state index in [1.54, 1.807) is 44.1 Å². The number of halogens is 3. The molecule has 1 aromatic carbocycles. The summed E-state index contributed by atoms with van der Waals surface area (Å²) in [5, 5.41) is 0. The second kappa shape index (κ2) is 5.95. The fourth-order valence-electron chi connectivity index (χ4n) is 1.77. The van der Waals surface area contributed by atoms with Crippen LogP contribution in [0, 0.1) is 0 Å². The lowest BCUT2D eigenvalue weighted by molar-refractivity contribution is -0.138. The first kappa shape index (κ1) is 15.3. The van der Waals surface area contributed by atoms with Crippen LogP contribution in [-0.4, -0.2) is 44.0 Å². The molecule has 0 amide bonds. The van der Waals surface area contributed by atoms with Crippen molar-refractivity contribution in [1.82, 2.24) is 9.80 Å². The summed E-state index contributed by atoms with van der Waals surface area (Å²) in [5.74, 6) is 0.622. The normalized spacial score (nSPS) is 11.1. The Balaban J connectivity index is 3.04. The predicted molar refractivity (Wildman–Crippen MR) is 70.0 cm³/mol. The molecule has 0 aliphatic rings. The van der Waals surface area contributed by atoms with Crippen molar-refractivity contribution in [2.24, 2.45) is 4.99 Å². The topological polar surface area (TPSA) is 18.8 Å². The maximum atomic E-state index is 12.8. The van der Waals surface area contributed by atoms with Crippen LogP contribution in [0.2, 0.25) is 0 Å². The van der Waals surface area contributed by atoms with Gasteiger partial charge in [-0.15, -0.1) is 0 Å². The van der Waals surface area contributed by atoms with Gasteiger partial charge in [0.15, 0.2) is 5.96 Å². The van der Waals surface area contributed by atoms with Crippen molar-refractivity contribution < 1.29 is 13.2 Å². The third-order valence-electron chi connectivity index (χ3n) is 2.51. The molecule has 0 saturated heterocycles. The van der Waals surface area contributed by atoms with E-state index in [-0.39, 0.29) is 12.1 Å². The molecule has 106 valence electrons. The van der Waals surface area contributed by atoms with Crippen molar-refractivity contribution in [3.05, 3.63) is 35.4 Å². The van der Waals surface area contributed by atoms with Crippen LogP contribution < -0.4 is 0 Å². The highest BCUT2D eigenvalue weighted by atomic mass is 19.4. The Hall–Kier alpha value is -1.72. The van der Waals surface area contributed by atoms with Gasteiger partial charge in [-0.05, 0) is 11.6 Å². The Bertz CT molecular complexity index is 441. The van der Waals surface area contributed by atoms with Crippen LogP contribution >= 0.6 is 0 Å². The second-order valence-corrected chi connectivity index (χ2v) is 4.56. The molecular weight excluding hydrogens is 255 g/mol. The molecule has 0 bridgehead atoms. The van der Waals surface area contributed by atoms with Gasteiger partial charge in [0.25, 0.3) is 0 Å². The van der Waals surface area contributed by atoms with Gasteiger partial charge < -0.3 is 9.80 Å². The summed E-state index contributed by atoms with van der Waals surface area (Å²) in [7, 11) is 7.20. The summed E-state index contributed by atoms with van der Waals surface area (Å²) in [6, 6.07) is 5.50. The number of guanidine groups is 1. The molecule has 0 aliphatic heterocycles. The fraction of sp³-hybridized carbons (Fsp3) is 0.462. The van der Waals surface area contributed by atoms with E-state index in [0.29, 0.717) is 5.96 Å². The molecule has 1 aromatic rings. The predicted octanol–water partition coefficient (Wildman–Crippen LogP) is 2.68. The van der Waals surface area contributed by atoms with Gasteiger partial charge in [0.2, 0.25) is 0 Å². The highest BCUT2D eigenvalue weighted by Gasteiger charge is 2.32. The molecule has 0 N–H and O–H groups in total. The van der Waals surface area contributed by atoms with Crippen LogP contribution in [0.1, 0.15) is 11.1 Å². The quantitative estimate of drug-likeness (QED) is 0.609. The zero-order valence-corrected chi connectivity index (χ0v) is 11.5. The standard InChI is InChI=1S/C13H18F3N3/c1-18(2)12(19(3)4)17-9-10-7-5-6-8-11(10)13(14,15)16/h5-8H,9H2,1-4H3. The number of rotatable bonds is 2. The second-order valence-electron chi connectivity index (χ2n) is 4.56. The van der Waals surface area contributed by atoms with Gasteiger partial charge in [0.1, 0.15) is 0 Å².